The highest BCUT2D eigenvalue weighted by Gasteiger charge is 2.22. The van der Waals surface area contributed by atoms with Crippen molar-refractivity contribution in [2.75, 3.05) is 0 Å². The molecule has 22 heavy (non-hydrogen) atoms. The highest BCUT2D eigenvalue weighted by Crippen LogP contribution is 2.28. The van der Waals surface area contributed by atoms with Gasteiger partial charge in [-0.2, -0.15) is 5.06 Å². The van der Waals surface area contributed by atoms with Crippen molar-refractivity contribution in [1.29, 1.82) is 0 Å². The van der Waals surface area contributed by atoms with Crippen LogP contribution in [0.25, 0.3) is 0 Å². The SMILES string of the molecule is Cc1ccc(C(c2ccccc2)N(O)Cc2ccccc2)[nH]1. The third-order valence-electron chi connectivity index (χ3n) is 3.75. The highest BCUT2D eigenvalue weighted by molar-refractivity contribution is 5.29. The van der Waals surface area contributed by atoms with Crippen LogP contribution in [0.4, 0.5) is 0 Å². The first-order valence-electron chi connectivity index (χ1n) is 7.44. The number of hydroxylamine groups is 2. The molecule has 2 aromatic carbocycles. The van der Waals surface area contributed by atoms with Crippen LogP contribution in [0.2, 0.25) is 0 Å². The van der Waals surface area contributed by atoms with Crippen molar-refractivity contribution in [2.45, 2.75) is 19.5 Å². The summed E-state index contributed by atoms with van der Waals surface area (Å²) in [5, 5.41) is 12.1. The molecule has 112 valence electrons. The normalized spacial score (nSPS) is 12.5. The number of aromatic nitrogens is 1. The molecule has 3 nitrogen and oxygen atoms in total. The molecule has 0 aliphatic carbocycles. The van der Waals surface area contributed by atoms with Crippen molar-refractivity contribution in [3.63, 3.8) is 0 Å². The molecular formula is C19H20N2O. The summed E-state index contributed by atoms with van der Waals surface area (Å²) in [6.07, 6.45) is 0. The topological polar surface area (TPSA) is 39.3 Å². The number of benzene rings is 2. The number of rotatable bonds is 5. The number of nitrogens with one attached hydrogen (secondary N) is 1. The molecule has 3 heteroatoms. The summed E-state index contributed by atoms with van der Waals surface area (Å²) in [7, 11) is 0. The van der Waals surface area contributed by atoms with Crippen LogP contribution in [-0.2, 0) is 6.54 Å². The maximum absolute atomic E-state index is 10.7. The molecule has 2 N–H and O–H groups in total. The van der Waals surface area contributed by atoms with E-state index in [1.54, 1.807) is 0 Å². The van der Waals surface area contributed by atoms with Crippen LogP contribution >= 0.6 is 0 Å². The molecule has 1 heterocycles. The van der Waals surface area contributed by atoms with E-state index in [1.807, 2.05) is 79.7 Å². The smallest absolute Gasteiger partial charge is 0.100 e. The summed E-state index contributed by atoms with van der Waals surface area (Å²) in [5.74, 6) is 0. The highest BCUT2D eigenvalue weighted by atomic mass is 16.5. The second kappa shape index (κ2) is 6.60. The van der Waals surface area contributed by atoms with Gasteiger partial charge in [-0.15, -0.1) is 0 Å². The minimum absolute atomic E-state index is 0.213. The van der Waals surface area contributed by atoms with Gasteiger partial charge in [0.15, 0.2) is 0 Å². The van der Waals surface area contributed by atoms with E-state index in [-0.39, 0.29) is 6.04 Å². The van der Waals surface area contributed by atoms with E-state index in [4.69, 9.17) is 0 Å². The molecule has 1 atom stereocenters. The zero-order valence-electron chi connectivity index (χ0n) is 12.6. The molecule has 3 aromatic rings. The van der Waals surface area contributed by atoms with Crippen molar-refractivity contribution in [3.05, 3.63) is 95.3 Å². The van der Waals surface area contributed by atoms with Gasteiger partial charge in [0.05, 0.1) is 0 Å². The van der Waals surface area contributed by atoms with Crippen molar-refractivity contribution in [3.8, 4) is 0 Å². The molecule has 0 spiro atoms. The molecule has 0 saturated heterocycles. The van der Waals surface area contributed by atoms with Gasteiger partial charge in [-0.3, -0.25) is 0 Å². The second-order valence-corrected chi connectivity index (χ2v) is 5.49. The molecule has 3 rings (SSSR count). The van der Waals surface area contributed by atoms with Gasteiger partial charge in [0.2, 0.25) is 0 Å². The summed E-state index contributed by atoms with van der Waals surface area (Å²) in [4.78, 5) is 3.34. The Kier molecular flexibility index (Phi) is 4.37. The average molecular weight is 292 g/mol. The van der Waals surface area contributed by atoms with Gasteiger partial charge in [-0.1, -0.05) is 60.7 Å². The van der Waals surface area contributed by atoms with E-state index in [1.165, 1.54) is 5.06 Å². The third-order valence-corrected chi connectivity index (χ3v) is 3.75. The Hall–Kier alpha value is -2.36. The van der Waals surface area contributed by atoms with Gasteiger partial charge in [0.25, 0.3) is 0 Å². The third kappa shape index (κ3) is 3.27. The van der Waals surface area contributed by atoms with Crippen molar-refractivity contribution in [1.82, 2.24) is 10.0 Å². The Morgan fingerprint density at radius 1 is 0.909 bits per heavy atom. The van der Waals surface area contributed by atoms with Crippen LogP contribution in [0.3, 0.4) is 0 Å². The number of hydrogen-bond acceptors (Lipinski definition) is 2. The number of nitrogens with zero attached hydrogens (tertiary/aromatic N) is 1. The molecule has 0 amide bonds. The number of H-pyrrole nitrogens is 1. The van der Waals surface area contributed by atoms with E-state index in [0.29, 0.717) is 6.54 Å². The molecular weight excluding hydrogens is 272 g/mol. The zero-order chi connectivity index (χ0) is 15.4. The van der Waals surface area contributed by atoms with E-state index in [9.17, 15) is 5.21 Å². The Labute approximate surface area is 130 Å². The van der Waals surface area contributed by atoms with Crippen LogP contribution < -0.4 is 0 Å². The fraction of sp³-hybridized carbons (Fsp3) is 0.158. The fourth-order valence-electron chi connectivity index (χ4n) is 2.69. The standard InChI is InChI=1S/C19H20N2O/c1-15-12-13-18(20-15)19(17-10-6-3-7-11-17)21(22)14-16-8-4-2-5-9-16/h2-13,19-20,22H,14H2,1H3. The maximum Gasteiger partial charge on any atom is 0.100 e. The van der Waals surface area contributed by atoms with Gasteiger partial charge in [-0.05, 0) is 30.2 Å². The first kappa shape index (κ1) is 14.6. The van der Waals surface area contributed by atoms with E-state index >= 15 is 0 Å². The molecule has 1 unspecified atom stereocenters. The summed E-state index contributed by atoms with van der Waals surface area (Å²) in [6.45, 7) is 2.49. The Morgan fingerprint density at radius 2 is 1.55 bits per heavy atom. The summed E-state index contributed by atoms with van der Waals surface area (Å²) in [5.41, 5.74) is 4.21. The van der Waals surface area contributed by atoms with Crippen molar-refractivity contribution < 1.29 is 5.21 Å². The van der Waals surface area contributed by atoms with Crippen molar-refractivity contribution >= 4 is 0 Å². The predicted molar refractivity (Wildman–Crippen MR) is 87.6 cm³/mol. The van der Waals surface area contributed by atoms with Crippen LogP contribution in [0, 0.1) is 6.92 Å². The first-order valence-corrected chi connectivity index (χ1v) is 7.44. The van der Waals surface area contributed by atoms with Crippen LogP contribution in [-0.4, -0.2) is 15.3 Å². The Bertz CT molecular complexity index is 707. The van der Waals surface area contributed by atoms with Gasteiger partial charge in [0, 0.05) is 17.9 Å². The largest absolute Gasteiger partial charge is 0.361 e. The van der Waals surface area contributed by atoms with Crippen molar-refractivity contribution in [2.24, 2.45) is 0 Å². The van der Waals surface area contributed by atoms with Gasteiger partial charge < -0.3 is 10.2 Å². The fourth-order valence-corrected chi connectivity index (χ4v) is 2.69. The van der Waals surface area contributed by atoms with Gasteiger partial charge >= 0.3 is 0 Å². The van der Waals surface area contributed by atoms with Gasteiger partial charge in [-0.25, -0.2) is 0 Å². The quantitative estimate of drug-likeness (QED) is 0.688. The predicted octanol–water partition coefficient (Wildman–Crippen LogP) is 4.30. The van der Waals surface area contributed by atoms with Crippen LogP contribution in [0.1, 0.15) is 28.6 Å². The number of hydrogen-bond donors (Lipinski definition) is 2. The molecule has 1 aromatic heterocycles. The molecule has 0 radical (unpaired) electrons. The molecule has 0 fully saturated rings. The minimum Gasteiger partial charge on any atom is -0.361 e. The van der Waals surface area contributed by atoms with Gasteiger partial charge in [0.1, 0.15) is 6.04 Å². The molecule has 0 aliphatic rings. The lowest BCUT2D eigenvalue weighted by Crippen LogP contribution is -2.26. The second-order valence-electron chi connectivity index (χ2n) is 5.49. The Balaban J connectivity index is 1.91. The summed E-state index contributed by atoms with van der Waals surface area (Å²) in [6, 6.07) is 23.9. The van der Waals surface area contributed by atoms with E-state index in [0.717, 1.165) is 22.5 Å². The molecule has 0 bridgehead atoms. The first-order chi connectivity index (χ1) is 10.7. The average Bonchev–Trinajstić information content (AvgIpc) is 2.95. The van der Waals surface area contributed by atoms with Crippen LogP contribution in [0.15, 0.2) is 72.8 Å². The lowest BCUT2D eigenvalue weighted by molar-refractivity contribution is -0.126. The summed E-state index contributed by atoms with van der Waals surface area (Å²) < 4.78 is 0. The molecule has 0 aliphatic heterocycles. The number of aryl methyl sites for hydroxylation is 1. The molecule has 0 saturated carbocycles. The minimum atomic E-state index is -0.213. The maximum atomic E-state index is 10.7. The monoisotopic (exact) mass is 292 g/mol. The number of aromatic amines is 1. The Morgan fingerprint density at radius 3 is 2.14 bits per heavy atom. The zero-order valence-corrected chi connectivity index (χ0v) is 12.6. The van der Waals surface area contributed by atoms with E-state index in [2.05, 4.69) is 4.98 Å². The lowest BCUT2D eigenvalue weighted by atomic mass is 10.0. The lowest BCUT2D eigenvalue weighted by Gasteiger charge is -2.26. The summed E-state index contributed by atoms with van der Waals surface area (Å²) >= 11 is 0. The van der Waals surface area contributed by atoms with E-state index < -0.39 is 0 Å². The van der Waals surface area contributed by atoms with Crippen LogP contribution in [0.5, 0.6) is 0 Å².